The van der Waals surface area contributed by atoms with E-state index in [1.165, 1.54) is 12.0 Å². The van der Waals surface area contributed by atoms with Gasteiger partial charge in [-0.1, -0.05) is 54.6 Å². The molecular formula is C38H44N4O8. The van der Waals surface area contributed by atoms with Crippen molar-refractivity contribution in [3.63, 3.8) is 0 Å². The molecule has 264 valence electrons. The fourth-order valence-corrected chi connectivity index (χ4v) is 5.35. The highest BCUT2D eigenvalue weighted by atomic mass is 16.6. The minimum absolute atomic E-state index is 0.0616. The number of benzene rings is 3. The number of phenols is 1. The largest absolute Gasteiger partial charge is 0.507 e. The van der Waals surface area contributed by atoms with Gasteiger partial charge in [-0.15, -0.1) is 0 Å². The Hall–Kier alpha value is -5.49. The number of ether oxygens (including phenoxy) is 2. The fourth-order valence-electron chi connectivity index (χ4n) is 5.35. The Bertz CT molecular complexity index is 1820. The molecule has 0 fully saturated rings. The molecule has 3 aromatic carbocycles. The van der Waals surface area contributed by atoms with Crippen LogP contribution in [-0.2, 0) is 23.9 Å². The number of aromatic hydroxyl groups is 1. The summed E-state index contributed by atoms with van der Waals surface area (Å²) in [5, 5.41) is 27.2. The van der Waals surface area contributed by atoms with Crippen molar-refractivity contribution >= 4 is 40.5 Å². The zero-order valence-electron chi connectivity index (χ0n) is 28.9. The van der Waals surface area contributed by atoms with E-state index < -0.39 is 48.2 Å². The lowest BCUT2D eigenvalue weighted by atomic mass is 9.95. The summed E-state index contributed by atoms with van der Waals surface area (Å²) in [6.07, 6.45) is 0.939. The minimum Gasteiger partial charge on any atom is -0.507 e. The second-order valence-electron chi connectivity index (χ2n) is 12.9. The number of methoxy groups -OCH3 is 1. The number of anilines is 1. The van der Waals surface area contributed by atoms with Crippen molar-refractivity contribution in [1.29, 1.82) is 0 Å². The average Bonchev–Trinajstić information content (AvgIpc) is 3.08. The molecule has 1 aromatic heterocycles. The zero-order valence-corrected chi connectivity index (χ0v) is 28.9. The SMILES string of the molecule is COC(=O)C[C@H](NC(=O)[C@H](CO)NC(=O)CCCN(C(=O)OC(C)(C)C)c1cc(C)ccn1)c1ccc(-c2ccc(O)c3ccccc23)cc1. The van der Waals surface area contributed by atoms with Crippen LogP contribution in [0.2, 0.25) is 0 Å². The van der Waals surface area contributed by atoms with E-state index in [-0.39, 0.29) is 31.6 Å². The van der Waals surface area contributed by atoms with Crippen molar-refractivity contribution in [2.45, 2.75) is 64.6 Å². The lowest BCUT2D eigenvalue weighted by molar-refractivity contribution is -0.141. The molecule has 0 unspecified atom stereocenters. The molecule has 50 heavy (non-hydrogen) atoms. The van der Waals surface area contributed by atoms with Gasteiger partial charge in [0.25, 0.3) is 0 Å². The van der Waals surface area contributed by atoms with Crippen LogP contribution in [0.25, 0.3) is 21.9 Å². The summed E-state index contributed by atoms with van der Waals surface area (Å²) in [4.78, 5) is 57.2. The van der Waals surface area contributed by atoms with E-state index in [4.69, 9.17) is 9.47 Å². The fraction of sp³-hybridized carbons (Fsp3) is 0.342. The molecule has 1 heterocycles. The molecule has 12 heteroatoms. The number of phenolic OH excluding ortho intramolecular Hbond substituents is 1. The van der Waals surface area contributed by atoms with Crippen LogP contribution in [0.5, 0.6) is 5.75 Å². The van der Waals surface area contributed by atoms with Crippen LogP contribution < -0.4 is 15.5 Å². The summed E-state index contributed by atoms with van der Waals surface area (Å²) in [5.74, 6) is -1.22. The van der Waals surface area contributed by atoms with Crippen LogP contribution in [0.3, 0.4) is 0 Å². The number of amides is 3. The molecule has 0 saturated heterocycles. The lowest BCUT2D eigenvalue weighted by Crippen LogP contribution is -2.50. The first-order valence-electron chi connectivity index (χ1n) is 16.3. The van der Waals surface area contributed by atoms with Crippen molar-refractivity contribution in [3.8, 4) is 16.9 Å². The van der Waals surface area contributed by atoms with Crippen molar-refractivity contribution in [3.05, 3.63) is 90.1 Å². The van der Waals surface area contributed by atoms with E-state index in [1.807, 2.05) is 49.4 Å². The predicted octanol–water partition coefficient (Wildman–Crippen LogP) is 5.34. The summed E-state index contributed by atoms with van der Waals surface area (Å²) in [6.45, 7) is 6.56. The van der Waals surface area contributed by atoms with Gasteiger partial charge in [-0.05, 0) is 80.0 Å². The maximum absolute atomic E-state index is 13.3. The van der Waals surface area contributed by atoms with Crippen LogP contribution in [0.1, 0.15) is 57.2 Å². The first-order chi connectivity index (χ1) is 23.8. The van der Waals surface area contributed by atoms with Crippen molar-refractivity contribution in [1.82, 2.24) is 15.6 Å². The van der Waals surface area contributed by atoms with Crippen molar-refractivity contribution in [2.75, 3.05) is 25.2 Å². The number of nitrogens with zero attached hydrogens (tertiary/aromatic N) is 2. The lowest BCUT2D eigenvalue weighted by Gasteiger charge is -2.27. The molecule has 0 aliphatic heterocycles. The van der Waals surface area contributed by atoms with Gasteiger partial charge in [-0.2, -0.15) is 0 Å². The van der Waals surface area contributed by atoms with Gasteiger partial charge in [0, 0.05) is 24.5 Å². The molecule has 4 rings (SSSR count). The first kappa shape index (κ1) is 37.3. The molecule has 0 aliphatic carbocycles. The second kappa shape index (κ2) is 16.8. The number of aliphatic hydroxyl groups is 1. The molecule has 0 spiro atoms. The summed E-state index contributed by atoms with van der Waals surface area (Å²) in [7, 11) is 1.25. The van der Waals surface area contributed by atoms with Gasteiger partial charge >= 0.3 is 12.1 Å². The van der Waals surface area contributed by atoms with Gasteiger partial charge in [0.1, 0.15) is 23.2 Å². The van der Waals surface area contributed by atoms with Crippen molar-refractivity contribution in [2.24, 2.45) is 0 Å². The smallest absolute Gasteiger partial charge is 0.416 e. The summed E-state index contributed by atoms with van der Waals surface area (Å²) < 4.78 is 10.4. The summed E-state index contributed by atoms with van der Waals surface area (Å²) in [6, 6.07) is 19.6. The number of esters is 1. The molecule has 2 atom stereocenters. The van der Waals surface area contributed by atoms with Gasteiger partial charge in [0.2, 0.25) is 11.8 Å². The van der Waals surface area contributed by atoms with Gasteiger partial charge in [-0.25, -0.2) is 9.78 Å². The first-order valence-corrected chi connectivity index (χ1v) is 16.3. The summed E-state index contributed by atoms with van der Waals surface area (Å²) in [5.41, 5.74) is 2.51. The van der Waals surface area contributed by atoms with Gasteiger partial charge in [0.05, 0.1) is 26.2 Å². The monoisotopic (exact) mass is 684 g/mol. The number of nitrogens with one attached hydrogen (secondary N) is 2. The van der Waals surface area contributed by atoms with E-state index in [2.05, 4.69) is 15.6 Å². The minimum atomic E-state index is -1.30. The van der Waals surface area contributed by atoms with Gasteiger partial charge in [-0.3, -0.25) is 19.3 Å². The molecule has 3 amide bonds. The third-order valence-corrected chi connectivity index (χ3v) is 7.85. The number of pyridine rings is 1. The zero-order chi connectivity index (χ0) is 36.4. The van der Waals surface area contributed by atoms with E-state index in [0.717, 1.165) is 22.1 Å². The Labute approximate surface area is 291 Å². The van der Waals surface area contributed by atoms with Crippen LogP contribution in [0, 0.1) is 6.92 Å². The number of rotatable bonds is 13. The Balaban J connectivity index is 1.42. The highest BCUT2D eigenvalue weighted by molar-refractivity contribution is 6.00. The van der Waals surface area contributed by atoms with Crippen LogP contribution >= 0.6 is 0 Å². The molecule has 0 saturated carbocycles. The standard InChI is InChI=1S/C38H44N4O8/c1-24-18-19-39-33(21-24)42(37(48)50-38(2,3)4)20-8-11-34(45)40-31(23-43)36(47)41-30(22-35(46)49-5)26-14-12-25(13-15-26)27-16-17-32(44)29-10-7-6-9-28(27)29/h6-7,9-10,12-19,21,30-31,43-44H,8,11,20,22-23H2,1-5H3,(H,40,45)(H,41,47)/t30-,31-/m0/s1. The summed E-state index contributed by atoms with van der Waals surface area (Å²) >= 11 is 0. The quantitative estimate of drug-likeness (QED) is 0.136. The second-order valence-corrected chi connectivity index (χ2v) is 12.9. The van der Waals surface area contributed by atoms with Crippen LogP contribution in [-0.4, -0.2) is 71.0 Å². The molecule has 0 bridgehead atoms. The molecule has 0 radical (unpaired) electrons. The van der Waals surface area contributed by atoms with E-state index in [0.29, 0.717) is 16.8 Å². The Morgan fingerprint density at radius 2 is 1.64 bits per heavy atom. The molecule has 4 N–H and O–H groups in total. The topological polar surface area (TPSA) is 167 Å². The molecular weight excluding hydrogens is 640 g/mol. The number of hydrogen-bond acceptors (Lipinski definition) is 9. The normalized spacial score (nSPS) is 12.4. The van der Waals surface area contributed by atoms with Crippen LogP contribution in [0.15, 0.2) is 79.0 Å². The number of hydrogen-bond donors (Lipinski definition) is 4. The Morgan fingerprint density at radius 1 is 0.940 bits per heavy atom. The number of aliphatic hydroxyl groups excluding tert-OH is 1. The maximum Gasteiger partial charge on any atom is 0.416 e. The van der Waals surface area contributed by atoms with Crippen molar-refractivity contribution < 1.29 is 38.9 Å². The predicted molar refractivity (Wildman–Crippen MR) is 189 cm³/mol. The number of fused-ring (bicyclic) bond motifs is 1. The van der Waals surface area contributed by atoms with Crippen LogP contribution in [0.4, 0.5) is 10.6 Å². The highest BCUT2D eigenvalue weighted by Gasteiger charge is 2.27. The average molecular weight is 685 g/mol. The van der Waals surface area contributed by atoms with Gasteiger partial charge < -0.3 is 30.3 Å². The third-order valence-electron chi connectivity index (χ3n) is 7.85. The maximum atomic E-state index is 13.3. The molecule has 4 aromatic rings. The number of carbonyl (C=O) groups is 4. The highest BCUT2D eigenvalue weighted by Crippen LogP contribution is 2.34. The Morgan fingerprint density at radius 3 is 2.28 bits per heavy atom. The number of aromatic nitrogens is 1. The van der Waals surface area contributed by atoms with E-state index in [9.17, 15) is 29.4 Å². The number of aryl methyl sites for hydroxylation is 1. The number of carbonyl (C=O) groups excluding carboxylic acids is 4. The van der Waals surface area contributed by atoms with E-state index in [1.54, 1.807) is 57.3 Å². The third kappa shape index (κ3) is 10.0. The molecule has 12 nitrogen and oxygen atoms in total. The van der Waals surface area contributed by atoms with E-state index >= 15 is 0 Å². The Kier molecular flexibility index (Phi) is 12.5. The van der Waals surface area contributed by atoms with Gasteiger partial charge in [0.15, 0.2) is 0 Å². The molecule has 0 aliphatic rings.